The number of aliphatic hydroxyl groups excluding tert-OH is 6. The molecule has 10 heteroatoms. The van der Waals surface area contributed by atoms with Crippen molar-refractivity contribution >= 4 is 5.91 Å². The summed E-state index contributed by atoms with van der Waals surface area (Å²) in [5, 5.41) is 65.2. The summed E-state index contributed by atoms with van der Waals surface area (Å²) in [5.74, 6) is -0.608. The third kappa shape index (κ3) is 43.7. The van der Waals surface area contributed by atoms with E-state index in [1.165, 1.54) is 276 Å². The van der Waals surface area contributed by atoms with Gasteiger partial charge >= 0.3 is 0 Å². The summed E-state index contributed by atoms with van der Waals surface area (Å²) in [4.78, 5) is 13.2. The van der Waals surface area contributed by atoms with Crippen LogP contribution in [0, 0.1) is 0 Å². The summed E-state index contributed by atoms with van der Waals surface area (Å²) in [6, 6.07) is -0.977. The fourth-order valence-corrected chi connectivity index (χ4v) is 11.1. The summed E-state index contributed by atoms with van der Waals surface area (Å²) in [5.41, 5.74) is 0. The van der Waals surface area contributed by atoms with Crippen LogP contribution in [0.2, 0.25) is 0 Å². The molecule has 0 aliphatic carbocycles. The van der Waals surface area contributed by atoms with Crippen molar-refractivity contribution in [2.24, 2.45) is 0 Å². The standard InChI is InChI=1S/C66H129NO9/c1-3-5-7-9-11-13-15-17-19-21-22-23-24-25-26-27-28-29-30-31-32-33-34-35-36-37-39-41-43-45-47-49-51-53-55-60(70)65(74)67-58(57-75-66-64(73)63(72)62(71)61(56-68)76-66)59(69)54-52-50-48-46-44-42-40-38-20-18-16-14-12-10-8-6-4-2/h52,54,58-64,66,68-73H,3-51,53,55-57H2,1-2H3,(H,67,74)/b54-52+. The lowest BCUT2D eigenvalue weighted by Gasteiger charge is -2.40. The lowest BCUT2D eigenvalue weighted by atomic mass is 9.99. The van der Waals surface area contributed by atoms with Gasteiger partial charge in [-0.3, -0.25) is 4.79 Å². The minimum absolute atomic E-state index is 0.300. The van der Waals surface area contributed by atoms with E-state index in [4.69, 9.17) is 9.47 Å². The minimum atomic E-state index is -1.61. The molecule has 1 aliphatic rings. The molecule has 8 atom stereocenters. The Morgan fingerprint density at radius 2 is 0.750 bits per heavy atom. The molecule has 8 unspecified atom stereocenters. The molecule has 1 amide bonds. The Bertz CT molecular complexity index is 1220. The fourth-order valence-electron chi connectivity index (χ4n) is 11.1. The Morgan fingerprint density at radius 1 is 0.447 bits per heavy atom. The molecule has 7 N–H and O–H groups in total. The van der Waals surface area contributed by atoms with Gasteiger partial charge < -0.3 is 45.4 Å². The molecule has 1 fully saturated rings. The van der Waals surface area contributed by atoms with Crippen LogP contribution < -0.4 is 5.32 Å². The van der Waals surface area contributed by atoms with Gasteiger partial charge in [-0.05, 0) is 19.3 Å². The SMILES string of the molecule is CCCCCCCCCCCCCCCCC/C=C/C(O)C(COC1OC(CO)C(O)C(O)C1O)NC(=O)C(O)CCCCCCCCCCCCCCCCCCCCCCCCCCCCCCCCCCCC. The average Bonchev–Trinajstić information content (AvgIpc) is 3.42. The zero-order chi connectivity index (χ0) is 55.2. The van der Waals surface area contributed by atoms with Crippen LogP contribution in [0.1, 0.15) is 341 Å². The third-order valence-corrected chi connectivity index (χ3v) is 16.5. The number of carbonyl (C=O) groups is 1. The van der Waals surface area contributed by atoms with Crippen molar-refractivity contribution in [3.63, 3.8) is 0 Å². The first-order valence-electron chi connectivity index (χ1n) is 33.5. The Hall–Kier alpha value is -1.11. The van der Waals surface area contributed by atoms with E-state index >= 15 is 0 Å². The lowest BCUT2D eigenvalue weighted by molar-refractivity contribution is -0.302. The molecule has 0 bridgehead atoms. The van der Waals surface area contributed by atoms with E-state index in [9.17, 15) is 35.4 Å². The number of rotatable bonds is 59. The molecule has 0 aromatic rings. The molecule has 1 saturated heterocycles. The zero-order valence-electron chi connectivity index (χ0n) is 50.2. The number of hydrogen-bond acceptors (Lipinski definition) is 9. The number of allylic oxidation sites excluding steroid dienone is 1. The smallest absolute Gasteiger partial charge is 0.249 e. The van der Waals surface area contributed by atoms with Crippen LogP contribution in [0.4, 0.5) is 0 Å². The second-order valence-electron chi connectivity index (χ2n) is 23.8. The van der Waals surface area contributed by atoms with E-state index in [1.54, 1.807) is 6.08 Å². The van der Waals surface area contributed by atoms with Crippen molar-refractivity contribution < 1.29 is 44.9 Å². The monoisotopic (exact) mass is 1080 g/mol. The van der Waals surface area contributed by atoms with Gasteiger partial charge in [-0.25, -0.2) is 0 Å². The lowest BCUT2D eigenvalue weighted by Crippen LogP contribution is -2.60. The van der Waals surface area contributed by atoms with Gasteiger partial charge in [-0.2, -0.15) is 0 Å². The summed E-state index contributed by atoms with van der Waals surface area (Å²) in [6.07, 6.45) is 60.7. The van der Waals surface area contributed by atoms with Crippen LogP contribution in [0.3, 0.4) is 0 Å². The van der Waals surface area contributed by atoms with Gasteiger partial charge in [-0.1, -0.05) is 334 Å². The van der Waals surface area contributed by atoms with E-state index in [2.05, 4.69) is 19.2 Å². The second kappa shape index (κ2) is 55.8. The Morgan fingerprint density at radius 3 is 1.07 bits per heavy atom. The number of ether oxygens (including phenoxy) is 2. The molecule has 452 valence electrons. The predicted octanol–water partition coefficient (Wildman–Crippen LogP) is 16.5. The summed E-state index contributed by atoms with van der Waals surface area (Å²) in [6.45, 7) is 3.67. The van der Waals surface area contributed by atoms with Crippen molar-refractivity contribution in [3.8, 4) is 0 Å². The molecule has 1 rings (SSSR count). The third-order valence-electron chi connectivity index (χ3n) is 16.5. The van der Waals surface area contributed by atoms with Gasteiger partial charge in [0.25, 0.3) is 0 Å². The van der Waals surface area contributed by atoms with Crippen LogP contribution in [0.15, 0.2) is 12.2 Å². The van der Waals surface area contributed by atoms with Crippen molar-refractivity contribution in [1.82, 2.24) is 5.32 Å². The Labute approximate surface area is 469 Å². The number of carbonyl (C=O) groups excluding carboxylic acids is 1. The van der Waals surface area contributed by atoms with Crippen LogP contribution >= 0.6 is 0 Å². The van der Waals surface area contributed by atoms with Gasteiger partial charge in [0.05, 0.1) is 25.4 Å². The maximum absolute atomic E-state index is 13.2. The summed E-state index contributed by atoms with van der Waals surface area (Å²) < 4.78 is 11.2. The Balaban J connectivity index is 2.11. The van der Waals surface area contributed by atoms with Crippen LogP contribution in [0.5, 0.6) is 0 Å². The number of nitrogens with one attached hydrogen (secondary N) is 1. The molecule has 0 radical (unpaired) electrons. The minimum Gasteiger partial charge on any atom is -0.394 e. The topological polar surface area (TPSA) is 169 Å². The normalized spacial score (nSPS) is 19.2. The van der Waals surface area contributed by atoms with Crippen molar-refractivity contribution in [3.05, 3.63) is 12.2 Å². The van der Waals surface area contributed by atoms with Crippen LogP contribution in [0.25, 0.3) is 0 Å². The highest BCUT2D eigenvalue weighted by Gasteiger charge is 2.44. The molecule has 10 nitrogen and oxygen atoms in total. The van der Waals surface area contributed by atoms with Gasteiger partial charge in [0.2, 0.25) is 5.91 Å². The highest BCUT2D eigenvalue weighted by atomic mass is 16.7. The Kier molecular flexibility index (Phi) is 53.5. The molecule has 76 heavy (non-hydrogen) atoms. The molecule has 1 heterocycles. The highest BCUT2D eigenvalue weighted by molar-refractivity contribution is 5.80. The molecular weight excluding hydrogens is 951 g/mol. The molecule has 0 aromatic carbocycles. The summed E-state index contributed by atoms with van der Waals surface area (Å²) >= 11 is 0. The molecule has 0 aromatic heterocycles. The fraction of sp³-hybridized carbons (Fsp3) is 0.955. The van der Waals surface area contributed by atoms with E-state index in [-0.39, 0.29) is 6.61 Å². The maximum Gasteiger partial charge on any atom is 0.249 e. The van der Waals surface area contributed by atoms with Crippen LogP contribution in [-0.4, -0.2) is 98.7 Å². The van der Waals surface area contributed by atoms with Crippen LogP contribution in [-0.2, 0) is 14.3 Å². The van der Waals surface area contributed by atoms with Gasteiger partial charge in [0, 0.05) is 0 Å². The van der Waals surface area contributed by atoms with E-state index in [0.29, 0.717) is 6.42 Å². The van der Waals surface area contributed by atoms with Crippen molar-refractivity contribution in [2.45, 2.75) is 390 Å². The predicted molar refractivity (Wildman–Crippen MR) is 320 cm³/mol. The number of amides is 1. The highest BCUT2D eigenvalue weighted by Crippen LogP contribution is 2.23. The van der Waals surface area contributed by atoms with Crippen molar-refractivity contribution in [2.75, 3.05) is 13.2 Å². The maximum atomic E-state index is 13.2. The first-order chi connectivity index (χ1) is 37.3. The summed E-state index contributed by atoms with van der Waals surface area (Å²) in [7, 11) is 0. The quantitative estimate of drug-likeness (QED) is 0.0232. The molecule has 1 aliphatic heterocycles. The van der Waals surface area contributed by atoms with Crippen molar-refractivity contribution in [1.29, 1.82) is 0 Å². The zero-order valence-corrected chi connectivity index (χ0v) is 50.2. The number of hydrogen-bond donors (Lipinski definition) is 7. The first kappa shape index (κ1) is 72.9. The number of unbranched alkanes of at least 4 members (excludes halogenated alkanes) is 48. The average molecular weight is 1080 g/mol. The molecule has 0 saturated carbocycles. The van der Waals surface area contributed by atoms with Gasteiger partial charge in [0.15, 0.2) is 6.29 Å². The van der Waals surface area contributed by atoms with Gasteiger partial charge in [0.1, 0.15) is 30.5 Å². The number of aliphatic hydroxyl groups is 6. The first-order valence-corrected chi connectivity index (χ1v) is 33.5. The second-order valence-corrected chi connectivity index (χ2v) is 23.8. The largest absolute Gasteiger partial charge is 0.394 e. The molecular formula is C66H129NO9. The van der Waals surface area contributed by atoms with Gasteiger partial charge in [-0.15, -0.1) is 0 Å². The molecule has 0 spiro atoms. The van der Waals surface area contributed by atoms with E-state index in [0.717, 1.165) is 44.9 Å². The van der Waals surface area contributed by atoms with E-state index in [1.807, 2.05) is 6.08 Å². The van der Waals surface area contributed by atoms with E-state index < -0.39 is 61.5 Å².